The fraction of sp³-hybridized carbons (Fsp3) is 0.591. The normalized spacial score (nSPS) is 14.5. The molecule has 0 heterocycles. The minimum atomic E-state index is -4.76. The summed E-state index contributed by atoms with van der Waals surface area (Å²) in [5, 5.41) is 8.87. The number of ether oxygens (including phenoxy) is 2. The SMILES string of the molecule is CC/C=C\C/C=C\C/C=C\C/C=C\C/C=C\CCCC(=O)OC[C@H](COP(=O)(O)OC[C@H](N)C(=O)O)OC(=O)CCCCCCCC(=O)/C=C/C=C\CCCCC. The Hall–Kier alpha value is -3.67. The highest BCUT2D eigenvalue weighted by Gasteiger charge is 2.28. The van der Waals surface area contributed by atoms with Crippen molar-refractivity contribution in [2.24, 2.45) is 5.73 Å². The Morgan fingerprint density at radius 1 is 0.614 bits per heavy atom. The van der Waals surface area contributed by atoms with Crippen molar-refractivity contribution in [3.63, 3.8) is 0 Å². The molecule has 0 saturated carbocycles. The first kappa shape index (κ1) is 53.3. The minimum Gasteiger partial charge on any atom is -0.480 e. The first-order valence-corrected chi connectivity index (χ1v) is 22.1. The van der Waals surface area contributed by atoms with E-state index >= 15 is 0 Å². The van der Waals surface area contributed by atoms with Crippen molar-refractivity contribution >= 4 is 31.5 Å². The summed E-state index contributed by atoms with van der Waals surface area (Å²) in [6.45, 7) is 2.43. The molecule has 0 aromatic heterocycles. The van der Waals surface area contributed by atoms with Gasteiger partial charge in [0, 0.05) is 19.3 Å². The third-order valence-corrected chi connectivity index (χ3v) is 9.05. The molecule has 12 nitrogen and oxygen atoms in total. The van der Waals surface area contributed by atoms with Gasteiger partial charge in [0.1, 0.15) is 12.6 Å². The lowest BCUT2D eigenvalue weighted by molar-refractivity contribution is -0.161. The molecule has 0 aliphatic heterocycles. The fourth-order valence-corrected chi connectivity index (χ4v) is 5.62. The summed E-state index contributed by atoms with van der Waals surface area (Å²) in [7, 11) is -4.76. The molecular weight excluding hydrogens is 749 g/mol. The van der Waals surface area contributed by atoms with Gasteiger partial charge in [-0.15, -0.1) is 0 Å². The van der Waals surface area contributed by atoms with E-state index < -0.39 is 57.7 Å². The number of unbranched alkanes of at least 4 members (excludes halogenated alkanes) is 8. The number of hydrogen-bond donors (Lipinski definition) is 3. The van der Waals surface area contributed by atoms with Gasteiger partial charge in [0.25, 0.3) is 0 Å². The van der Waals surface area contributed by atoms with Crippen molar-refractivity contribution in [2.45, 2.75) is 148 Å². The smallest absolute Gasteiger partial charge is 0.472 e. The van der Waals surface area contributed by atoms with Gasteiger partial charge >= 0.3 is 25.7 Å². The number of aliphatic carboxylic acids is 1. The van der Waals surface area contributed by atoms with Crippen LogP contribution in [0.25, 0.3) is 0 Å². The predicted molar refractivity (Wildman–Crippen MR) is 226 cm³/mol. The molecule has 4 N–H and O–H groups in total. The van der Waals surface area contributed by atoms with Crippen LogP contribution in [0.3, 0.4) is 0 Å². The van der Waals surface area contributed by atoms with Crippen molar-refractivity contribution in [3.8, 4) is 0 Å². The van der Waals surface area contributed by atoms with E-state index in [4.69, 9.17) is 24.8 Å². The maximum Gasteiger partial charge on any atom is 0.472 e. The zero-order chi connectivity index (χ0) is 42.2. The number of carbonyl (C=O) groups is 4. The topological polar surface area (TPSA) is 189 Å². The van der Waals surface area contributed by atoms with Crippen molar-refractivity contribution in [1.29, 1.82) is 0 Å². The second-order valence-electron chi connectivity index (χ2n) is 13.4. The Bertz CT molecular complexity index is 1350. The maximum atomic E-state index is 12.6. The number of carboxylic acids is 1. The summed E-state index contributed by atoms with van der Waals surface area (Å²) in [6, 6.07) is -1.55. The largest absolute Gasteiger partial charge is 0.480 e. The molecule has 0 aromatic carbocycles. The molecule has 0 saturated heterocycles. The number of ketones is 1. The summed E-state index contributed by atoms with van der Waals surface area (Å²) in [5.41, 5.74) is 5.31. The summed E-state index contributed by atoms with van der Waals surface area (Å²) in [4.78, 5) is 57.9. The number of carboxylic acid groups (broad SMARTS) is 1. The van der Waals surface area contributed by atoms with Crippen LogP contribution in [-0.2, 0) is 42.3 Å². The molecule has 0 aliphatic carbocycles. The monoisotopic (exact) mass is 819 g/mol. The van der Waals surface area contributed by atoms with E-state index in [2.05, 4.69) is 73.1 Å². The van der Waals surface area contributed by atoms with Crippen LogP contribution in [0.4, 0.5) is 0 Å². The van der Waals surface area contributed by atoms with Gasteiger partial charge in [0.2, 0.25) is 0 Å². The average Bonchev–Trinajstić information content (AvgIpc) is 3.18. The molecule has 13 heteroatoms. The highest BCUT2D eigenvalue weighted by molar-refractivity contribution is 7.47. The second kappa shape index (κ2) is 37.9. The Kier molecular flexibility index (Phi) is 35.4. The number of phosphoric acid groups is 1. The number of nitrogens with two attached hydrogens (primary N) is 1. The van der Waals surface area contributed by atoms with Crippen LogP contribution in [0.1, 0.15) is 136 Å². The highest BCUT2D eigenvalue weighted by Crippen LogP contribution is 2.43. The average molecular weight is 820 g/mol. The maximum absolute atomic E-state index is 12.6. The quantitative estimate of drug-likeness (QED) is 0.0135. The van der Waals surface area contributed by atoms with E-state index in [0.29, 0.717) is 25.7 Å². The van der Waals surface area contributed by atoms with Gasteiger partial charge < -0.3 is 25.2 Å². The molecule has 0 amide bonds. The van der Waals surface area contributed by atoms with Crippen LogP contribution in [-0.4, -0.2) is 65.7 Å². The number of phosphoric ester groups is 1. The van der Waals surface area contributed by atoms with Gasteiger partial charge in [-0.1, -0.05) is 125 Å². The van der Waals surface area contributed by atoms with E-state index in [9.17, 15) is 28.6 Å². The number of rotatable bonds is 37. The van der Waals surface area contributed by atoms with Gasteiger partial charge in [0.15, 0.2) is 11.9 Å². The van der Waals surface area contributed by atoms with Gasteiger partial charge in [-0.05, 0) is 76.7 Å². The van der Waals surface area contributed by atoms with E-state index in [1.165, 1.54) is 12.8 Å². The van der Waals surface area contributed by atoms with Crippen LogP contribution in [0.2, 0.25) is 0 Å². The van der Waals surface area contributed by atoms with Crippen LogP contribution in [0.5, 0.6) is 0 Å². The van der Waals surface area contributed by atoms with Gasteiger partial charge in [-0.25, -0.2) is 4.57 Å². The van der Waals surface area contributed by atoms with Crippen LogP contribution < -0.4 is 5.73 Å². The van der Waals surface area contributed by atoms with Crippen molar-refractivity contribution in [2.75, 3.05) is 19.8 Å². The molecule has 0 spiro atoms. The Balaban J connectivity index is 4.60. The third-order valence-electron chi connectivity index (χ3n) is 8.10. The summed E-state index contributed by atoms with van der Waals surface area (Å²) >= 11 is 0. The van der Waals surface area contributed by atoms with Gasteiger partial charge in [0.05, 0.1) is 13.2 Å². The zero-order valence-electron chi connectivity index (χ0n) is 34.4. The number of esters is 2. The van der Waals surface area contributed by atoms with Crippen LogP contribution >= 0.6 is 7.82 Å². The standard InChI is InChI=1S/C44H70NO11P/c1-3-5-7-9-11-12-13-14-15-16-17-18-19-20-22-26-30-34-42(47)53-36-40(37-54-57(51,52)55-38-41(45)44(49)50)56-43(48)35-31-27-23-25-29-33-39(46)32-28-24-21-10-8-6-4-2/h5,7,11-12,14-15,17-18,20-22,24,28,32,40-41H,3-4,6,8-10,13,16,19,23,25-27,29-31,33-38,45H2,1-2H3,(H,49,50)(H,51,52)/b7-5-,12-11-,15-14-,18-17-,22-20-,24-21-,32-28+/t40-,41+/m1/s1. The number of carbonyl (C=O) groups excluding carboxylic acids is 3. The number of hydrogen-bond acceptors (Lipinski definition) is 10. The second-order valence-corrected chi connectivity index (χ2v) is 14.9. The molecule has 0 rings (SSSR count). The zero-order valence-corrected chi connectivity index (χ0v) is 35.3. The molecule has 322 valence electrons. The Labute approximate surface area is 341 Å². The van der Waals surface area contributed by atoms with Gasteiger partial charge in [-0.2, -0.15) is 0 Å². The predicted octanol–water partition coefficient (Wildman–Crippen LogP) is 9.90. The third kappa shape index (κ3) is 37.7. The molecule has 57 heavy (non-hydrogen) atoms. The summed E-state index contributed by atoms with van der Waals surface area (Å²) < 4.78 is 32.5. The first-order valence-electron chi connectivity index (χ1n) is 20.6. The van der Waals surface area contributed by atoms with E-state index in [0.717, 1.165) is 70.6 Å². The van der Waals surface area contributed by atoms with Crippen molar-refractivity contribution in [1.82, 2.24) is 0 Å². The van der Waals surface area contributed by atoms with Crippen LogP contribution in [0, 0.1) is 0 Å². The highest BCUT2D eigenvalue weighted by atomic mass is 31.2. The van der Waals surface area contributed by atoms with E-state index in [-0.39, 0.29) is 18.6 Å². The molecule has 0 aliphatic rings. The van der Waals surface area contributed by atoms with Gasteiger partial charge in [-0.3, -0.25) is 28.2 Å². The molecule has 0 radical (unpaired) electrons. The minimum absolute atomic E-state index is 0.0602. The molecule has 0 aromatic rings. The lowest BCUT2D eigenvalue weighted by Gasteiger charge is -2.20. The Morgan fingerprint density at radius 2 is 1.16 bits per heavy atom. The molecule has 0 fully saturated rings. The van der Waals surface area contributed by atoms with E-state index in [1.807, 2.05) is 18.2 Å². The lowest BCUT2D eigenvalue weighted by atomic mass is 10.1. The molecular formula is C44H70NO11P. The van der Waals surface area contributed by atoms with E-state index in [1.54, 1.807) is 12.2 Å². The van der Waals surface area contributed by atoms with Crippen molar-refractivity contribution in [3.05, 3.63) is 85.1 Å². The molecule has 0 bridgehead atoms. The molecule has 3 atom stereocenters. The number of allylic oxidation sites excluding steroid dienone is 14. The van der Waals surface area contributed by atoms with Crippen molar-refractivity contribution < 1.29 is 52.3 Å². The summed E-state index contributed by atoms with van der Waals surface area (Å²) in [5.74, 6) is -2.49. The van der Waals surface area contributed by atoms with Crippen LogP contribution in [0.15, 0.2) is 85.1 Å². The fourth-order valence-electron chi connectivity index (χ4n) is 4.84. The lowest BCUT2D eigenvalue weighted by Crippen LogP contribution is -2.34. The first-order chi connectivity index (χ1) is 27.5. The molecule has 1 unspecified atom stereocenters. The summed E-state index contributed by atoms with van der Waals surface area (Å²) in [6.07, 6.45) is 42.0. The Morgan fingerprint density at radius 3 is 1.77 bits per heavy atom.